The van der Waals surface area contributed by atoms with E-state index in [0.717, 1.165) is 5.52 Å². The van der Waals surface area contributed by atoms with Crippen molar-refractivity contribution in [1.29, 1.82) is 0 Å². The second kappa shape index (κ2) is 3.56. The molecule has 0 saturated carbocycles. The van der Waals surface area contributed by atoms with Gasteiger partial charge in [-0.1, -0.05) is 18.2 Å². The lowest BCUT2D eigenvalue weighted by atomic mass is 10.2. The molecule has 0 unspecified atom stereocenters. The van der Waals surface area contributed by atoms with Crippen LogP contribution in [0.25, 0.3) is 10.9 Å². The van der Waals surface area contributed by atoms with E-state index < -0.39 is 5.97 Å². The average molecular weight is 218 g/mol. The molecule has 3 N–H and O–H groups in total. The fourth-order valence-electron chi connectivity index (χ4n) is 2.06. The van der Waals surface area contributed by atoms with Gasteiger partial charge < -0.3 is 15.4 Å². The third kappa shape index (κ3) is 1.34. The van der Waals surface area contributed by atoms with Crippen LogP contribution in [0.15, 0.2) is 24.3 Å². The van der Waals surface area contributed by atoms with Gasteiger partial charge >= 0.3 is 5.97 Å². The normalized spacial score (nSPS) is 11.2. The highest BCUT2D eigenvalue weighted by molar-refractivity contribution is 6.08. The molecule has 1 heterocycles. The molecule has 0 saturated heterocycles. The number of hydrogen-bond donors (Lipinski definition) is 2. The monoisotopic (exact) mass is 218 g/mol. The molecule has 0 aliphatic carbocycles. The molecule has 2 aromatic rings. The fraction of sp³-hybridized carbons (Fsp3) is 0.250. The molecule has 0 aliphatic rings. The Hall–Kier alpha value is -1.97. The predicted octanol–water partition coefficient (Wildman–Crippen LogP) is 2.50. The minimum Gasteiger partial charge on any atom is -0.478 e. The number of rotatable bonds is 2. The summed E-state index contributed by atoms with van der Waals surface area (Å²) in [6, 6.07) is 7.51. The Morgan fingerprint density at radius 1 is 1.38 bits per heavy atom. The lowest BCUT2D eigenvalue weighted by Crippen LogP contribution is -2.08. The summed E-state index contributed by atoms with van der Waals surface area (Å²) in [5.74, 6) is -0.656. The SMILES string of the molecule is CC(C)n1c(N)c(C(=O)O)c2ccccc21. The minimum atomic E-state index is -0.979. The Labute approximate surface area is 93.3 Å². The number of benzene rings is 1. The van der Waals surface area contributed by atoms with E-state index in [4.69, 9.17) is 10.8 Å². The molecule has 0 fully saturated rings. The summed E-state index contributed by atoms with van der Waals surface area (Å²) < 4.78 is 1.85. The Balaban J connectivity index is 2.91. The van der Waals surface area contributed by atoms with Crippen LogP contribution in [0.2, 0.25) is 0 Å². The lowest BCUT2D eigenvalue weighted by Gasteiger charge is -2.11. The van der Waals surface area contributed by atoms with Gasteiger partial charge in [-0.3, -0.25) is 0 Å². The molecule has 0 atom stereocenters. The quantitative estimate of drug-likeness (QED) is 0.813. The molecular formula is C12H14N2O2. The summed E-state index contributed by atoms with van der Waals surface area (Å²) in [6.45, 7) is 3.96. The molecule has 4 nitrogen and oxygen atoms in total. The van der Waals surface area contributed by atoms with Crippen LogP contribution in [0.3, 0.4) is 0 Å². The van der Waals surface area contributed by atoms with Gasteiger partial charge in [0.2, 0.25) is 0 Å². The zero-order valence-electron chi connectivity index (χ0n) is 9.27. The number of para-hydroxylation sites is 1. The van der Waals surface area contributed by atoms with Crippen LogP contribution in [0.5, 0.6) is 0 Å². The second-order valence-electron chi connectivity index (χ2n) is 4.05. The van der Waals surface area contributed by atoms with Crippen LogP contribution in [0.4, 0.5) is 5.82 Å². The van der Waals surface area contributed by atoms with Gasteiger partial charge in [-0.05, 0) is 19.9 Å². The number of nitrogen functional groups attached to an aromatic ring is 1. The predicted molar refractivity (Wildman–Crippen MR) is 63.7 cm³/mol. The van der Waals surface area contributed by atoms with Crippen LogP contribution in [-0.4, -0.2) is 15.6 Å². The second-order valence-corrected chi connectivity index (χ2v) is 4.05. The third-order valence-corrected chi connectivity index (χ3v) is 2.68. The van der Waals surface area contributed by atoms with Crippen molar-refractivity contribution in [3.63, 3.8) is 0 Å². The highest BCUT2D eigenvalue weighted by atomic mass is 16.4. The van der Waals surface area contributed by atoms with E-state index in [-0.39, 0.29) is 11.6 Å². The molecule has 1 aromatic carbocycles. The third-order valence-electron chi connectivity index (χ3n) is 2.68. The number of anilines is 1. The number of nitrogens with zero attached hydrogens (tertiary/aromatic N) is 1. The van der Waals surface area contributed by atoms with Crippen LogP contribution in [-0.2, 0) is 0 Å². The minimum absolute atomic E-state index is 0.137. The topological polar surface area (TPSA) is 68.2 Å². The average Bonchev–Trinajstić information content (AvgIpc) is 2.49. The molecule has 84 valence electrons. The van der Waals surface area contributed by atoms with E-state index in [1.165, 1.54) is 0 Å². The summed E-state index contributed by atoms with van der Waals surface area (Å²) in [4.78, 5) is 11.2. The van der Waals surface area contributed by atoms with E-state index in [1.54, 1.807) is 6.07 Å². The van der Waals surface area contributed by atoms with Crippen molar-refractivity contribution in [3.8, 4) is 0 Å². The number of carboxylic acid groups (broad SMARTS) is 1. The fourth-order valence-corrected chi connectivity index (χ4v) is 2.06. The summed E-state index contributed by atoms with van der Waals surface area (Å²) in [7, 11) is 0. The standard InChI is InChI=1S/C12H14N2O2/c1-7(2)14-9-6-4-3-5-8(9)10(11(14)13)12(15)16/h3-7H,13H2,1-2H3,(H,15,16). The van der Waals surface area contributed by atoms with Crippen LogP contribution in [0, 0.1) is 0 Å². The first-order valence-electron chi connectivity index (χ1n) is 5.15. The van der Waals surface area contributed by atoms with Gasteiger partial charge in [-0.25, -0.2) is 4.79 Å². The molecule has 2 rings (SSSR count). The summed E-state index contributed by atoms with van der Waals surface area (Å²) >= 11 is 0. The molecule has 0 spiro atoms. The first-order valence-corrected chi connectivity index (χ1v) is 5.15. The Bertz CT molecular complexity index is 555. The number of carboxylic acids is 1. The maximum Gasteiger partial charge on any atom is 0.340 e. The van der Waals surface area contributed by atoms with Gasteiger partial charge in [0.15, 0.2) is 0 Å². The number of nitrogens with two attached hydrogens (primary N) is 1. The van der Waals surface area contributed by atoms with Gasteiger partial charge in [-0.2, -0.15) is 0 Å². The first kappa shape index (κ1) is 10.5. The van der Waals surface area contributed by atoms with Crippen molar-refractivity contribution >= 4 is 22.7 Å². The van der Waals surface area contributed by atoms with Crippen LogP contribution in [0.1, 0.15) is 30.2 Å². The lowest BCUT2D eigenvalue weighted by molar-refractivity contribution is 0.0700. The highest BCUT2D eigenvalue weighted by Gasteiger charge is 2.20. The van der Waals surface area contributed by atoms with Crippen molar-refractivity contribution in [2.75, 3.05) is 5.73 Å². The van der Waals surface area contributed by atoms with Gasteiger partial charge in [-0.15, -0.1) is 0 Å². The highest BCUT2D eigenvalue weighted by Crippen LogP contribution is 2.30. The van der Waals surface area contributed by atoms with Crippen molar-refractivity contribution in [1.82, 2.24) is 4.57 Å². The van der Waals surface area contributed by atoms with Gasteiger partial charge in [0.25, 0.3) is 0 Å². The molecular weight excluding hydrogens is 204 g/mol. The zero-order chi connectivity index (χ0) is 11.9. The van der Waals surface area contributed by atoms with Gasteiger partial charge in [0.1, 0.15) is 11.4 Å². The molecule has 0 amide bonds. The Morgan fingerprint density at radius 2 is 2.00 bits per heavy atom. The molecule has 4 heteroatoms. The molecule has 0 aliphatic heterocycles. The summed E-state index contributed by atoms with van der Waals surface area (Å²) in [5.41, 5.74) is 6.97. The molecule has 0 radical (unpaired) electrons. The van der Waals surface area contributed by atoms with Crippen molar-refractivity contribution < 1.29 is 9.90 Å². The zero-order valence-corrected chi connectivity index (χ0v) is 9.27. The molecule has 16 heavy (non-hydrogen) atoms. The van der Waals surface area contributed by atoms with E-state index in [2.05, 4.69) is 0 Å². The maximum absolute atomic E-state index is 11.2. The maximum atomic E-state index is 11.2. The van der Waals surface area contributed by atoms with Crippen LogP contribution >= 0.6 is 0 Å². The molecule has 1 aromatic heterocycles. The summed E-state index contributed by atoms with van der Waals surface area (Å²) in [6.07, 6.45) is 0. The number of hydrogen-bond acceptors (Lipinski definition) is 2. The number of aromatic carboxylic acids is 1. The van der Waals surface area contributed by atoms with Crippen LogP contribution < -0.4 is 5.73 Å². The first-order chi connectivity index (χ1) is 7.54. The van der Waals surface area contributed by atoms with E-state index in [1.807, 2.05) is 36.6 Å². The molecule has 0 bridgehead atoms. The van der Waals surface area contributed by atoms with Crippen molar-refractivity contribution in [3.05, 3.63) is 29.8 Å². The summed E-state index contributed by atoms with van der Waals surface area (Å²) in [5, 5.41) is 9.86. The van der Waals surface area contributed by atoms with Crippen molar-refractivity contribution in [2.45, 2.75) is 19.9 Å². The van der Waals surface area contributed by atoms with Gasteiger partial charge in [0, 0.05) is 11.4 Å². The number of aromatic nitrogens is 1. The largest absolute Gasteiger partial charge is 0.478 e. The van der Waals surface area contributed by atoms with E-state index in [9.17, 15) is 4.79 Å². The Morgan fingerprint density at radius 3 is 2.56 bits per heavy atom. The number of fused-ring (bicyclic) bond motifs is 1. The number of carbonyl (C=O) groups is 1. The Kier molecular flexibility index (Phi) is 2.34. The van der Waals surface area contributed by atoms with E-state index >= 15 is 0 Å². The van der Waals surface area contributed by atoms with E-state index in [0.29, 0.717) is 11.2 Å². The van der Waals surface area contributed by atoms with Crippen molar-refractivity contribution in [2.24, 2.45) is 0 Å². The van der Waals surface area contributed by atoms with Gasteiger partial charge in [0.05, 0.1) is 5.52 Å². The smallest absolute Gasteiger partial charge is 0.340 e.